The van der Waals surface area contributed by atoms with Crippen LogP contribution in [0.25, 0.3) is 0 Å². The Bertz CT molecular complexity index is 1560. The number of ether oxygens (including phenoxy) is 2. The molecule has 1 heterocycles. The number of ketones is 1. The monoisotopic (exact) mass is 597 g/mol. The van der Waals surface area contributed by atoms with Crippen molar-refractivity contribution < 1.29 is 33.1 Å². The number of nitrogens with one attached hydrogen (secondary N) is 1. The first-order chi connectivity index (χ1) is 21.1. The molecular formula is C34H35N3O7. The number of carbonyl (C=O) groups is 4. The normalized spacial score (nSPS) is 13.1. The summed E-state index contributed by atoms with van der Waals surface area (Å²) in [6, 6.07) is 27.1. The third kappa shape index (κ3) is 7.66. The van der Waals surface area contributed by atoms with E-state index in [-0.39, 0.29) is 31.2 Å². The molecule has 44 heavy (non-hydrogen) atoms. The maximum atomic E-state index is 14.5. The number of primary amides is 1. The summed E-state index contributed by atoms with van der Waals surface area (Å²) >= 11 is 0. The summed E-state index contributed by atoms with van der Waals surface area (Å²) in [5, 5.41) is 2.56. The Labute approximate surface area is 255 Å². The molecule has 4 aromatic rings. The van der Waals surface area contributed by atoms with Crippen LogP contribution in [0.15, 0.2) is 101 Å². The molecule has 5 N–H and O–H groups in total. The molecule has 4 rings (SSSR count). The van der Waals surface area contributed by atoms with Gasteiger partial charge < -0.3 is 30.7 Å². The largest absolute Gasteiger partial charge is 0.463 e. The second kappa shape index (κ2) is 14.4. The van der Waals surface area contributed by atoms with E-state index in [1.54, 1.807) is 30.3 Å². The van der Waals surface area contributed by atoms with Crippen molar-refractivity contribution in [3.63, 3.8) is 0 Å². The first-order valence-electron chi connectivity index (χ1n) is 14.0. The lowest BCUT2D eigenvalue weighted by atomic mass is 9.75. The SMILES string of the molecule is COC(=O)c1ccc(COC[C@H](NC(=O)[C@@](N)(Cc2cccc(C)c2)C(=O)C(c2ccccc2)c2ccccc2)C(N)=O)o1. The highest BCUT2D eigenvalue weighted by Crippen LogP contribution is 2.31. The van der Waals surface area contributed by atoms with Crippen LogP contribution < -0.4 is 16.8 Å². The molecule has 0 saturated heterocycles. The zero-order valence-corrected chi connectivity index (χ0v) is 24.5. The first kappa shape index (κ1) is 31.9. The van der Waals surface area contributed by atoms with E-state index in [4.69, 9.17) is 20.6 Å². The molecule has 228 valence electrons. The average Bonchev–Trinajstić information content (AvgIpc) is 3.50. The Hall–Kier alpha value is -5.06. The van der Waals surface area contributed by atoms with Gasteiger partial charge in [-0.1, -0.05) is 90.5 Å². The van der Waals surface area contributed by atoms with Crippen LogP contribution in [0.5, 0.6) is 0 Å². The number of aryl methyl sites for hydroxylation is 1. The smallest absolute Gasteiger partial charge is 0.373 e. The highest BCUT2D eigenvalue weighted by Gasteiger charge is 2.47. The molecule has 10 nitrogen and oxygen atoms in total. The second-order valence-corrected chi connectivity index (χ2v) is 10.5. The minimum Gasteiger partial charge on any atom is -0.463 e. The Morgan fingerprint density at radius 1 is 0.886 bits per heavy atom. The molecule has 0 unspecified atom stereocenters. The van der Waals surface area contributed by atoms with Crippen molar-refractivity contribution in [2.75, 3.05) is 13.7 Å². The quantitative estimate of drug-likeness (QED) is 0.147. The molecule has 0 aliphatic rings. The predicted octanol–water partition coefficient (Wildman–Crippen LogP) is 3.20. The van der Waals surface area contributed by atoms with Crippen molar-refractivity contribution in [1.29, 1.82) is 0 Å². The number of hydrogen-bond donors (Lipinski definition) is 3. The topological polar surface area (TPSA) is 164 Å². The van der Waals surface area contributed by atoms with Gasteiger partial charge in [0.25, 0.3) is 0 Å². The molecule has 0 saturated carbocycles. The summed E-state index contributed by atoms with van der Waals surface area (Å²) in [6.45, 7) is 1.43. The summed E-state index contributed by atoms with van der Waals surface area (Å²) in [6.07, 6.45) is -0.134. The van der Waals surface area contributed by atoms with E-state index >= 15 is 0 Å². The Morgan fingerprint density at radius 3 is 2.09 bits per heavy atom. The van der Waals surface area contributed by atoms with Crippen LogP contribution in [-0.2, 0) is 36.9 Å². The fourth-order valence-corrected chi connectivity index (χ4v) is 4.89. The number of methoxy groups -OCH3 is 1. The number of hydrogen-bond acceptors (Lipinski definition) is 8. The Kier molecular flexibility index (Phi) is 10.4. The van der Waals surface area contributed by atoms with Crippen molar-refractivity contribution in [3.05, 3.63) is 131 Å². The van der Waals surface area contributed by atoms with Gasteiger partial charge in [-0.25, -0.2) is 4.79 Å². The van der Waals surface area contributed by atoms with Crippen LogP contribution in [0, 0.1) is 6.92 Å². The molecule has 0 spiro atoms. The van der Waals surface area contributed by atoms with E-state index in [0.29, 0.717) is 16.7 Å². The lowest BCUT2D eigenvalue weighted by Gasteiger charge is -2.32. The third-order valence-corrected chi connectivity index (χ3v) is 7.16. The number of nitrogens with two attached hydrogens (primary N) is 2. The van der Waals surface area contributed by atoms with Crippen molar-refractivity contribution in [3.8, 4) is 0 Å². The molecule has 0 fully saturated rings. The maximum Gasteiger partial charge on any atom is 0.373 e. The fraction of sp³-hybridized carbons (Fsp3) is 0.235. The van der Waals surface area contributed by atoms with Gasteiger partial charge in [-0.15, -0.1) is 0 Å². The summed E-state index contributed by atoms with van der Waals surface area (Å²) in [5.41, 5.74) is 13.3. The summed E-state index contributed by atoms with van der Waals surface area (Å²) < 4.78 is 15.6. The van der Waals surface area contributed by atoms with E-state index in [9.17, 15) is 19.2 Å². The van der Waals surface area contributed by atoms with E-state index < -0.39 is 41.1 Å². The van der Waals surface area contributed by atoms with Crippen LogP contribution >= 0.6 is 0 Å². The van der Waals surface area contributed by atoms with Gasteiger partial charge in [-0.3, -0.25) is 14.4 Å². The van der Waals surface area contributed by atoms with Crippen LogP contribution in [-0.4, -0.2) is 48.9 Å². The van der Waals surface area contributed by atoms with Gasteiger partial charge >= 0.3 is 5.97 Å². The summed E-state index contributed by atoms with van der Waals surface area (Å²) in [5.74, 6) is -3.56. The third-order valence-electron chi connectivity index (χ3n) is 7.16. The molecule has 0 aliphatic carbocycles. The predicted molar refractivity (Wildman–Crippen MR) is 162 cm³/mol. The van der Waals surface area contributed by atoms with E-state index in [1.165, 1.54) is 19.2 Å². The fourth-order valence-electron chi connectivity index (χ4n) is 4.89. The van der Waals surface area contributed by atoms with Gasteiger partial charge in [0, 0.05) is 6.42 Å². The van der Waals surface area contributed by atoms with Gasteiger partial charge in [0.05, 0.1) is 19.6 Å². The Balaban J connectivity index is 1.62. The second-order valence-electron chi connectivity index (χ2n) is 10.5. The summed E-state index contributed by atoms with van der Waals surface area (Å²) in [7, 11) is 1.23. The van der Waals surface area contributed by atoms with Gasteiger partial charge in [0.2, 0.25) is 17.6 Å². The minimum atomic E-state index is -2.10. The molecule has 2 atom stereocenters. The molecule has 2 amide bonds. The molecule has 10 heteroatoms. The maximum absolute atomic E-state index is 14.5. The minimum absolute atomic E-state index is 0.0141. The van der Waals surface area contributed by atoms with Crippen molar-refractivity contribution in [2.45, 2.75) is 37.5 Å². The number of esters is 1. The standard InChI is InChI=1S/C34H35N3O7/c1-22-10-9-11-23(18-22)19-34(36,30(38)29(24-12-5-3-6-13-24)25-14-7-4-8-15-25)33(41)37-27(31(35)39)21-43-20-26-16-17-28(44-26)32(40)42-2/h3-18,27,29H,19-21,36H2,1-2H3,(H2,35,39)(H,37,41)/t27-,34+/m0/s1. The Morgan fingerprint density at radius 2 is 1.52 bits per heavy atom. The number of benzene rings is 3. The first-order valence-corrected chi connectivity index (χ1v) is 14.0. The molecule has 0 bridgehead atoms. The summed E-state index contributed by atoms with van der Waals surface area (Å²) in [4.78, 5) is 52.6. The molecular weight excluding hydrogens is 562 g/mol. The van der Waals surface area contributed by atoms with E-state index in [0.717, 1.165) is 5.56 Å². The zero-order chi connectivity index (χ0) is 31.7. The zero-order valence-electron chi connectivity index (χ0n) is 24.5. The molecule has 3 aromatic carbocycles. The van der Waals surface area contributed by atoms with E-state index in [1.807, 2.05) is 61.5 Å². The van der Waals surface area contributed by atoms with Crippen LogP contribution in [0.4, 0.5) is 0 Å². The molecule has 0 aliphatic heterocycles. The van der Waals surface area contributed by atoms with Crippen molar-refractivity contribution in [2.24, 2.45) is 11.5 Å². The van der Waals surface area contributed by atoms with Gasteiger partial charge in [-0.05, 0) is 35.7 Å². The van der Waals surface area contributed by atoms with Crippen LogP contribution in [0.1, 0.15) is 44.5 Å². The molecule has 0 radical (unpaired) electrons. The van der Waals surface area contributed by atoms with E-state index in [2.05, 4.69) is 10.1 Å². The lowest BCUT2D eigenvalue weighted by Crippen LogP contribution is -2.65. The average molecular weight is 598 g/mol. The van der Waals surface area contributed by atoms with Gasteiger partial charge in [0.1, 0.15) is 18.4 Å². The highest BCUT2D eigenvalue weighted by molar-refractivity contribution is 6.14. The van der Waals surface area contributed by atoms with Crippen LogP contribution in [0.3, 0.4) is 0 Å². The number of carbonyl (C=O) groups excluding carboxylic acids is 4. The van der Waals surface area contributed by atoms with Gasteiger partial charge in [-0.2, -0.15) is 0 Å². The van der Waals surface area contributed by atoms with Crippen LogP contribution in [0.2, 0.25) is 0 Å². The molecule has 1 aromatic heterocycles. The van der Waals surface area contributed by atoms with Crippen molar-refractivity contribution in [1.82, 2.24) is 5.32 Å². The highest BCUT2D eigenvalue weighted by atomic mass is 16.5. The number of amides is 2. The number of Topliss-reactive ketones (excluding diaryl/α,β-unsaturated/α-hetero) is 1. The number of furan rings is 1. The van der Waals surface area contributed by atoms with Crippen molar-refractivity contribution >= 4 is 23.6 Å². The van der Waals surface area contributed by atoms with Gasteiger partial charge in [0.15, 0.2) is 11.3 Å². The lowest BCUT2D eigenvalue weighted by molar-refractivity contribution is -0.139. The number of rotatable bonds is 14.